The van der Waals surface area contributed by atoms with Crippen molar-refractivity contribution in [3.05, 3.63) is 42.0 Å². The van der Waals surface area contributed by atoms with Gasteiger partial charge in [0.05, 0.1) is 6.54 Å². The summed E-state index contributed by atoms with van der Waals surface area (Å²) in [7, 11) is 0. The second-order valence-electron chi connectivity index (χ2n) is 6.73. The highest BCUT2D eigenvalue weighted by Crippen LogP contribution is 2.28. The number of amides is 1. The van der Waals surface area contributed by atoms with E-state index in [0.29, 0.717) is 19.6 Å². The van der Waals surface area contributed by atoms with Crippen LogP contribution in [0.1, 0.15) is 25.3 Å². The summed E-state index contributed by atoms with van der Waals surface area (Å²) < 4.78 is 0. The number of anilines is 1. The molecule has 0 radical (unpaired) electrons. The lowest BCUT2D eigenvalue weighted by atomic mass is 10.2. The Labute approximate surface area is 178 Å². The lowest BCUT2D eigenvalue weighted by molar-refractivity contribution is -0.122. The number of hydrogen-bond acceptors (Lipinski definition) is 3. The third kappa shape index (κ3) is 7.04. The van der Waals surface area contributed by atoms with Crippen molar-refractivity contribution < 1.29 is 4.79 Å². The van der Waals surface area contributed by atoms with Gasteiger partial charge in [0.1, 0.15) is 0 Å². The number of carbonyl (C=O) groups is 1. The van der Waals surface area contributed by atoms with Crippen LogP contribution in [0, 0.1) is 5.92 Å². The second kappa shape index (κ2) is 11.2. The van der Waals surface area contributed by atoms with Gasteiger partial charge in [-0.25, -0.2) is 4.99 Å². The summed E-state index contributed by atoms with van der Waals surface area (Å²) >= 11 is 0. The highest BCUT2D eigenvalue weighted by Gasteiger charge is 2.28. The third-order valence-corrected chi connectivity index (χ3v) is 4.55. The number of nitrogens with zero attached hydrogens (tertiary/aromatic N) is 2. The number of hydrogen-bond donors (Lipinski definition) is 3. The summed E-state index contributed by atoms with van der Waals surface area (Å²) in [6.45, 7) is 6.75. The molecule has 1 heterocycles. The van der Waals surface area contributed by atoms with Crippen molar-refractivity contribution in [2.24, 2.45) is 10.9 Å². The first-order chi connectivity index (χ1) is 12.8. The van der Waals surface area contributed by atoms with E-state index in [1.807, 2.05) is 6.92 Å². The molecule has 7 heteroatoms. The lowest BCUT2D eigenvalue weighted by Gasteiger charge is -2.17. The van der Waals surface area contributed by atoms with Gasteiger partial charge in [-0.05, 0) is 37.5 Å². The molecule has 0 spiro atoms. The Bertz CT molecular complexity index is 647. The molecule has 3 rings (SSSR count). The predicted molar refractivity (Wildman–Crippen MR) is 122 cm³/mol. The molecule has 0 atom stereocenters. The van der Waals surface area contributed by atoms with E-state index in [1.165, 1.54) is 11.3 Å². The number of nitrogens with one attached hydrogen (secondary N) is 3. The number of benzene rings is 1. The standard InChI is InChI=1S/C20H29N5O.HI/c1-2-21-20(23-12-11-22-19(26)17-7-8-17)24-15-16-5-9-18(10-6-16)25-13-3-4-14-25;/h3-6,9-10,17H,2,7-8,11-15H2,1H3,(H,22,26)(H2,21,23,24);1H. The highest BCUT2D eigenvalue weighted by atomic mass is 127. The molecule has 0 saturated heterocycles. The van der Waals surface area contributed by atoms with Gasteiger partial charge in [0, 0.05) is 44.3 Å². The molecule has 3 N–H and O–H groups in total. The normalized spacial score (nSPS) is 16.0. The summed E-state index contributed by atoms with van der Waals surface area (Å²) in [6.07, 6.45) is 6.46. The van der Waals surface area contributed by atoms with E-state index in [2.05, 4.69) is 62.3 Å². The first-order valence-corrected chi connectivity index (χ1v) is 9.55. The van der Waals surface area contributed by atoms with Crippen LogP contribution in [0.4, 0.5) is 5.69 Å². The maximum atomic E-state index is 11.6. The number of halogens is 1. The largest absolute Gasteiger partial charge is 0.364 e. The van der Waals surface area contributed by atoms with Crippen LogP contribution in [0.5, 0.6) is 0 Å². The minimum atomic E-state index is 0. The van der Waals surface area contributed by atoms with Gasteiger partial charge in [-0.15, -0.1) is 24.0 Å². The molecule has 2 aliphatic rings. The molecule has 1 fully saturated rings. The van der Waals surface area contributed by atoms with Crippen molar-refractivity contribution in [2.75, 3.05) is 37.6 Å². The average Bonchev–Trinajstić information content (AvgIpc) is 3.38. The lowest BCUT2D eigenvalue weighted by Crippen LogP contribution is -2.41. The summed E-state index contributed by atoms with van der Waals surface area (Å²) in [6, 6.07) is 8.59. The number of aliphatic imine (C=N–C) groups is 1. The molecule has 148 valence electrons. The van der Waals surface area contributed by atoms with E-state index in [1.54, 1.807) is 0 Å². The zero-order chi connectivity index (χ0) is 18.2. The van der Waals surface area contributed by atoms with Gasteiger partial charge < -0.3 is 20.9 Å². The minimum Gasteiger partial charge on any atom is -0.364 e. The van der Waals surface area contributed by atoms with Crippen molar-refractivity contribution in [1.29, 1.82) is 0 Å². The Morgan fingerprint density at radius 1 is 1.07 bits per heavy atom. The Morgan fingerprint density at radius 2 is 1.74 bits per heavy atom. The van der Waals surface area contributed by atoms with Crippen LogP contribution in [0.2, 0.25) is 0 Å². The maximum absolute atomic E-state index is 11.6. The van der Waals surface area contributed by atoms with Gasteiger partial charge in [0.25, 0.3) is 0 Å². The van der Waals surface area contributed by atoms with Crippen molar-refractivity contribution >= 4 is 41.5 Å². The van der Waals surface area contributed by atoms with Crippen molar-refractivity contribution in [3.8, 4) is 0 Å². The van der Waals surface area contributed by atoms with Gasteiger partial charge in [-0.1, -0.05) is 24.3 Å². The Balaban J connectivity index is 0.00000261. The summed E-state index contributed by atoms with van der Waals surface area (Å²) in [5, 5.41) is 9.47. The molecular weight excluding hydrogens is 453 g/mol. The first kappa shape index (κ1) is 21.5. The van der Waals surface area contributed by atoms with Gasteiger partial charge in [-0.2, -0.15) is 0 Å². The number of rotatable bonds is 8. The molecule has 1 aromatic rings. The maximum Gasteiger partial charge on any atom is 0.223 e. The van der Waals surface area contributed by atoms with Gasteiger partial charge in [0.2, 0.25) is 5.91 Å². The van der Waals surface area contributed by atoms with Crippen LogP contribution in [-0.4, -0.2) is 44.6 Å². The van der Waals surface area contributed by atoms with Crippen LogP contribution in [0.15, 0.2) is 41.4 Å². The molecular formula is C20H30IN5O. The second-order valence-corrected chi connectivity index (χ2v) is 6.73. The van der Waals surface area contributed by atoms with Gasteiger partial charge >= 0.3 is 0 Å². The Hall–Kier alpha value is -1.77. The minimum absolute atomic E-state index is 0. The predicted octanol–water partition coefficient (Wildman–Crippen LogP) is 2.26. The van der Waals surface area contributed by atoms with E-state index >= 15 is 0 Å². The van der Waals surface area contributed by atoms with Crippen LogP contribution in [0.25, 0.3) is 0 Å². The van der Waals surface area contributed by atoms with Crippen molar-refractivity contribution in [3.63, 3.8) is 0 Å². The van der Waals surface area contributed by atoms with Crippen molar-refractivity contribution in [1.82, 2.24) is 16.0 Å². The SMILES string of the molecule is CCNC(=NCc1ccc(N2CC=CC2)cc1)NCCNC(=O)C1CC1.I. The van der Waals surface area contributed by atoms with E-state index in [0.717, 1.165) is 38.4 Å². The van der Waals surface area contributed by atoms with E-state index in [9.17, 15) is 4.79 Å². The molecule has 1 saturated carbocycles. The number of carbonyl (C=O) groups excluding carboxylic acids is 1. The van der Waals surface area contributed by atoms with Crippen LogP contribution < -0.4 is 20.9 Å². The van der Waals surface area contributed by atoms with Crippen LogP contribution in [-0.2, 0) is 11.3 Å². The smallest absolute Gasteiger partial charge is 0.223 e. The fraction of sp³-hybridized carbons (Fsp3) is 0.500. The fourth-order valence-electron chi connectivity index (χ4n) is 2.87. The van der Waals surface area contributed by atoms with Crippen LogP contribution in [0.3, 0.4) is 0 Å². The summed E-state index contributed by atoms with van der Waals surface area (Å²) in [5.74, 6) is 1.22. The highest BCUT2D eigenvalue weighted by molar-refractivity contribution is 14.0. The van der Waals surface area contributed by atoms with E-state index < -0.39 is 0 Å². The topological polar surface area (TPSA) is 68.8 Å². The van der Waals surface area contributed by atoms with Gasteiger partial charge in [-0.3, -0.25) is 4.79 Å². The first-order valence-electron chi connectivity index (χ1n) is 9.55. The fourth-order valence-corrected chi connectivity index (χ4v) is 2.87. The molecule has 1 aromatic carbocycles. The van der Waals surface area contributed by atoms with Crippen LogP contribution >= 0.6 is 24.0 Å². The molecule has 27 heavy (non-hydrogen) atoms. The summed E-state index contributed by atoms with van der Waals surface area (Å²) in [4.78, 5) is 18.6. The monoisotopic (exact) mass is 483 g/mol. The van der Waals surface area contributed by atoms with Crippen molar-refractivity contribution in [2.45, 2.75) is 26.3 Å². The molecule has 1 aliphatic carbocycles. The Morgan fingerprint density at radius 3 is 2.37 bits per heavy atom. The average molecular weight is 483 g/mol. The molecule has 1 amide bonds. The molecule has 0 bridgehead atoms. The quantitative estimate of drug-likeness (QED) is 0.175. The molecule has 1 aliphatic heterocycles. The zero-order valence-electron chi connectivity index (χ0n) is 15.9. The Kier molecular flexibility index (Phi) is 8.90. The molecule has 0 unspecified atom stereocenters. The number of guanidine groups is 1. The molecule has 6 nitrogen and oxygen atoms in total. The molecule has 0 aromatic heterocycles. The van der Waals surface area contributed by atoms with E-state index in [-0.39, 0.29) is 35.8 Å². The third-order valence-electron chi connectivity index (χ3n) is 4.55. The zero-order valence-corrected chi connectivity index (χ0v) is 18.2. The summed E-state index contributed by atoms with van der Waals surface area (Å²) in [5.41, 5.74) is 2.43. The van der Waals surface area contributed by atoms with Gasteiger partial charge in [0.15, 0.2) is 5.96 Å². The van der Waals surface area contributed by atoms with E-state index in [4.69, 9.17) is 0 Å².